The molecule has 0 saturated carbocycles. The van der Waals surface area contributed by atoms with E-state index in [2.05, 4.69) is 163 Å². The summed E-state index contributed by atoms with van der Waals surface area (Å²) in [4.78, 5) is 0. The molecule has 3 heteroatoms. The molecule has 0 amide bonds. The standard InChI is InChI=1S/C25H37Si2.C15H14.C5H5.Zr/c1-17(19(3)26(4,5)6)12-20-10-11-23-22(14-20)15-21-13-18(2)25(16-24(21)23)27(7,8)9;1-3-8-14(9-4-1)12-7-13-15-10-5-2-6-11-15;1-2-4-5-3-1;/h10-11,13,16-17,19H,12,15H2,1-9H3;1-6,8-11H,12-13H2;1-3H,4H2;. The number of fused-ring (bicyclic) bond motifs is 3. The Morgan fingerprint density at radius 2 is 1.40 bits per heavy atom. The van der Waals surface area contributed by atoms with E-state index in [9.17, 15) is 0 Å². The summed E-state index contributed by atoms with van der Waals surface area (Å²) in [6.07, 6.45) is 12.9. The Balaban J connectivity index is 1.63. The summed E-state index contributed by atoms with van der Waals surface area (Å²) in [5, 5.41) is 1.62. The molecule has 2 aliphatic rings. The van der Waals surface area contributed by atoms with Crippen LogP contribution in [0, 0.1) is 12.8 Å². The van der Waals surface area contributed by atoms with Gasteiger partial charge in [0, 0.05) is 0 Å². The second-order valence-electron chi connectivity index (χ2n) is 16.8. The predicted molar refractivity (Wildman–Crippen MR) is 215 cm³/mol. The number of aryl methyl sites for hydroxylation is 1. The Morgan fingerprint density at radius 3 is 1.94 bits per heavy atom. The summed E-state index contributed by atoms with van der Waals surface area (Å²) in [6.45, 7) is 22.7. The van der Waals surface area contributed by atoms with Crippen molar-refractivity contribution < 1.29 is 21.3 Å². The first-order valence-corrected chi connectivity index (χ1v) is 29.0. The van der Waals surface area contributed by atoms with Crippen molar-refractivity contribution in [2.24, 2.45) is 5.92 Å². The summed E-state index contributed by atoms with van der Waals surface area (Å²) in [5.41, 5.74) is 13.2. The third kappa shape index (κ3) is 7.64. The van der Waals surface area contributed by atoms with E-state index in [-0.39, 0.29) is 0 Å². The molecule has 2 aliphatic carbocycles. The molecule has 2 atom stereocenters. The summed E-state index contributed by atoms with van der Waals surface area (Å²) in [5.74, 6) is 0.671. The van der Waals surface area contributed by atoms with Crippen LogP contribution in [0.25, 0.3) is 11.1 Å². The first kappa shape index (κ1) is 35.4. The molecule has 0 spiro atoms. The van der Waals surface area contributed by atoms with Crippen LogP contribution in [0.5, 0.6) is 0 Å². The Labute approximate surface area is 301 Å². The Morgan fingerprint density at radius 1 is 0.771 bits per heavy atom. The van der Waals surface area contributed by atoms with Crippen molar-refractivity contribution in [2.45, 2.75) is 97.7 Å². The number of hydrogen-bond acceptors (Lipinski definition) is 0. The van der Waals surface area contributed by atoms with Crippen LogP contribution in [0.2, 0.25) is 44.8 Å². The van der Waals surface area contributed by atoms with E-state index < -0.39 is 37.4 Å². The average Bonchev–Trinajstić information content (AvgIpc) is 3.69. The van der Waals surface area contributed by atoms with Gasteiger partial charge in [-0.2, -0.15) is 0 Å². The van der Waals surface area contributed by atoms with Gasteiger partial charge >= 0.3 is 304 Å². The van der Waals surface area contributed by atoms with Crippen molar-refractivity contribution in [3.63, 3.8) is 0 Å². The molecule has 4 aromatic rings. The molecule has 0 aliphatic heterocycles. The van der Waals surface area contributed by atoms with Crippen molar-refractivity contribution in [1.29, 1.82) is 0 Å². The zero-order valence-corrected chi connectivity index (χ0v) is 35.5. The second kappa shape index (κ2) is 14.4. The summed E-state index contributed by atoms with van der Waals surface area (Å²) in [6, 6.07) is 33.0. The van der Waals surface area contributed by atoms with E-state index in [1.807, 2.05) is 6.48 Å². The fourth-order valence-electron chi connectivity index (χ4n) is 8.28. The molecule has 2 unspecified atom stereocenters. The van der Waals surface area contributed by atoms with Crippen LogP contribution in [0.1, 0.15) is 53.6 Å². The van der Waals surface area contributed by atoms with Gasteiger partial charge in [-0.3, -0.25) is 0 Å². The number of benzene rings is 4. The fourth-order valence-corrected chi connectivity index (χ4v) is 20.6. The molecule has 0 heterocycles. The van der Waals surface area contributed by atoms with Gasteiger partial charge in [-0.25, -0.2) is 0 Å². The quantitative estimate of drug-likeness (QED) is 0.118. The van der Waals surface area contributed by atoms with E-state index in [1.54, 1.807) is 25.2 Å². The minimum absolute atomic E-state index is 0.671. The molecule has 0 radical (unpaired) electrons. The number of rotatable bonds is 11. The molecule has 48 heavy (non-hydrogen) atoms. The Kier molecular flexibility index (Phi) is 10.6. The van der Waals surface area contributed by atoms with Gasteiger partial charge in [0.1, 0.15) is 0 Å². The maximum atomic E-state index is 2.63. The molecule has 0 saturated heterocycles. The first-order valence-electron chi connectivity index (χ1n) is 18.3. The maximum absolute atomic E-state index is 2.63. The zero-order chi connectivity index (χ0) is 34.2. The van der Waals surface area contributed by atoms with Crippen molar-refractivity contribution in [3.05, 3.63) is 140 Å². The SMILES string of the molecule is Cc1cc2c(cc1[Si](C)(C)C)-c1ccc(CC(C)C(C)[Si](C)(C)C)[c]([Zr]([C]3=CC=CC3)=[C](Cc3ccccc3)Cc3ccccc3)c1C2. The van der Waals surface area contributed by atoms with E-state index in [1.165, 1.54) is 34.2 Å². The molecule has 0 nitrogen and oxygen atoms in total. The molecule has 0 fully saturated rings. The van der Waals surface area contributed by atoms with E-state index >= 15 is 0 Å². The van der Waals surface area contributed by atoms with Gasteiger partial charge in [0.2, 0.25) is 0 Å². The van der Waals surface area contributed by atoms with Gasteiger partial charge in [0.25, 0.3) is 0 Å². The van der Waals surface area contributed by atoms with Crippen molar-refractivity contribution in [2.75, 3.05) is 0 Å². The van der Waals surface area contributed by atoms with Crippen LogP contribution in [0.3, 0.4) is 0 Å². The first-order chi connectivity index (χ1) is 22.8. The van der Waals surface area contributed by atoms with Crippen molar-refractivity contribution in [1.82, 2.24) is 0 Å². The van der Waals surface area contributed by atoms with Gasteiger partial charge < -0.3 is 0 Å². The van der Waals surface area contributed by atoms with E-state index in [0.29, 0.717) is 5.92 Å². The van der Waals surface area contributed by atoms with Gasteiger partial charge in [-0.05, 0) is 0 Å². The molecule has 0 N–H and O–H groups in total. The van der Waals surface area contributed by atoms with Crippen molar-refractivity contribution in [3.8, 4) is 11.1 Å². The van der Waals surface area contributed by atoms with Gasteiger partial charge in [-0.15, -0.1) is 0 Å². The van der Waals surface area contributed by atoms with Crippen molar-refractivity contribution >= 4 is 27.8 Å². The van der Waals surface area contributed by atoms with Crippen LogP contribution in [0.15, 0.2) is 106 Å². The zero-order valence-electron chi connectivity index (χ0n) is 31.0. The molecule has 6 rings (SSSR count). The number of allylic oxidation sites excluding steroid dienone is 4. The fraction of sp³-hybridized carbons (Fsp3) is 0.356. The number of hydrogen-bond donors (Lipinski definition) is 0. The van der Waals surface area contributed by atoms with Crippen LogP contribution in [-0.2, 0) is 47.0 Å². The normalized spacial score (nSPS) is 15.1. The second-order valence-corrected chi connectivity index (χ2v) is 33.9. The van der Waals surface area contributed by atoms with Crippen LogP contribution in [-0.4, -0.2) is 19.4 Å². The van der Waals surface area contributed by atoms with Crippen LogP contribution < -0.4 is 8.46 Å². The monoisotopic (exact) mass is 742 g/mol. The summed E-state index contributed by atoms with van der Waals surface area (Å²) in [7, 11) is -2.75. The predicted octanol–water partition coefficient (Wildman–Crippen LogP) is 10.8. The Hall–Kier alpha value is -2.45. The molecular weight excluding hydrogens is 688 g/mol. The third-order valence-electron chi connectivity index (χ3n) is 11.3. The summed E-state index contributed by atoms with van der Waals surface area (Å²) >= 11 is -2.62. The average molecular weight is 744 g/mol. The molecule has 248 valence electrons. The van der Waals surface area contributed by atoms with Crippen LogP contribution >= 0.6 is 0 Å². The molecular formula is C45H56Si2Zr. The summed E-state index contributed by atoms with van der Waals surface area (Å²) < 4.78 is 5.40. The Bertz CT molecular complexity index is 1840. The topological polar surface area (TPSA) is 0 Å². The van der Waals surface area contributed by atoms with Gasteiger partial charge in [0.05, 0.1) is 0 Å². The molecule has 0 bridgehead atoms. The van der Waals surface area contributed by atoms with Crippen LogP contribution in [0.4, 0.5) is 0 Å². The van der Waals surface area contributed by atoms with E-state index in [0.717, 1.165) is 31.2 Å². The molecule has 4 aromatic carbocycles. The molecule has 0 aromatic heterocycles. The van der Waals surface area contributed by atoms with Gasteiger partial charge in [-0.1, -0.05) is 0 Å². The van der Waals surface area contributed by atoms with E-state index in [4.69, 9.17) is 0 Å². The third-order valence-corrected chi connectivity index (χ3v) is 24.6. The van der Waals surface area contributed by atoms with Gasteiger partial charge in [0.15, 0.2) is 0 Å². The minimum atomic E-state index is -2.62.